The van der Waals surface area contributed by atoms with Crippen LogP contribution in [-0.2, 0) is 29.4 Å². The fraction of sp³-hybridized carbons (Fsp3) is 0.522. The lowest BCUT2D eigenvalue weighted by atomic mass is 10.1. The van der Waals surface area contributed by atoms with Gasteiger partial charge in [-0.25, -0.2) is 0 Å². The molecule has 0 saturated carbocycles. The number of imide groups is 1. The molecule has 0 aliphatic carbocycles. The van der Waals surface area contributed by atoms with Gasteiger partial charge in [-0.05, 0) is 49.9 Å². The lowest BCUT2D eigenvalue weighted by Crippen LogP contribution is -2.39. The summed E-state index contributed by atoms with van der Waals surface area (Å²) in [5.74, 6) is 0.0770. The van der Waals surface area contributed by atoms with Crippen LogP contribution in [0.25, 0.3) is 0 Å². The van der Waals surface area contributed by atoms with Crippen molar-refractivity contribution in [3.63, 3.8) is 0 Å². The number of ether oxygens (including phenoxy) is 2. The summed E-state index contributed by atoms with van der Waals surface area (Å²) in [7, 11) is 1.72. The lowest BCUT2D eigenvalue weighted by Gasteiger charge is -2.20. The smallest absolute Gasteiger partial charge is 0.278 e. The number of carbonyl (C=O) groups excluding carboxylic acids is 2. The SMILES string of the molecule is CCCc1cc(C(=O)N(CCOc2ccc(CCOCC)cc2C)C(C)=O)n(C)n1. The number of aromatic nitrogens is 2. The summed E-state index contributed by atoms with van der Waals surface area (Å²) in [4.78, 5) is 26.2. The molecular formula is C23H33N3O4. The zero-order chi connectivity index (χ0) is 22.1. The van der Waals surface area contributed by atoms with Gasteiger partial charge in [0.05, 0.1) is 18.8 Å². The molecule has 164 valence electrons. The Morgan fingerprint density at radius 1 is 1.13 bits per heavy atom. The molecule has 0 unspecified atom stereocenters. The van der Waals surface area contributed by atoms with E-state index in [2.05, 4.69) is 18.1 Å². The van der Waals surface area contributed by atoms with Crippen molar-refractivity contribution in [3.05, 3.63) is 46.8 Å². The van der Waals surface area contributed by atoms with E-state index in [0.717, 1.165) is 36.3 Å². The normalized spacial score (nSPS) is 10.8. The minimum absolute atomic E-state index is 0.175. The Morgan fingerprint density at radius 3 is 2.53 bits per heavy atom. The van der Waals surface area contributed by atoms with Crippen LogP contribution >= 0.6 is 0 Å². The van der Waals surface area contributed by atoms with Crippen molar-refractivity contribution in [3.8, 4) is 5.75 Å². The zero-order valence-electron chi connectivity index (χ0n) is 18.7. The van der Waals surface area contributed by atoms with Crippen LogP contribution in [0.1, 0.15) is 54.5 Å². The highest BCUT2D eigenvalue weighted by Crippen LogP contribution is 2.20. The first kappa shape index (κ1) is 23.6. The maximum Gasteiger partial charge on any atom is 0.278 e. The third-order valence-electron chi connectivity index (χ3n) is 4.83. The first-order chi connectivity index (χ1) is 14.4. The average molecular weight is 416 g/mol. The van der Waals surface area contributed by atoms with Gasteiger partial charge in [0.1, 0.15) is 18.1 Å². The average Bonchev–Trinajstić information content (AvgIpc) is 3.06. The summed E-state index contributed by atoms with van der Waals surface area (Å²) in [6.07, 6.45) is 2.59. The molecule has 2 rings (SSSR count). The molecule has 1 aromatic heterocycles. The van der Waals surface area contributed by atoms with Gasteiger partial charge in [0.25, 0.3) is 5.91 Å². The van der Waals surface area contributed by atoms with Crippen LogP contribution in [0.15, 0.2) is 24.3 Å². The molecular weight excluding hydrogens is 382 g/mol. The van der Waals surface area contributed by atoms with E-state index in [1.807, 2.05) is 26.0 Å². The van der Waals surface area contributed by atoms with Gasteiger partial charge >= 0.3 is 0 Å². The molecule has 0 N–H and O–H groups in total. The van der Waals surface area contributed by atoms with Gasteiger partial charge in [-0.15, -0.1) is 0 Å². The van der Waals surface area contributed by atoms with Crippen molar-refractivity contribution in [1.29, 1.82) is 0 Å². The zero-order valence-corrected chi connectivity index (χ0v) is 18.7. The lowest BCUT2D eigenvalue weighted by molar-refractivity contribution is -0.126. The van der Waals surface area contributed by atoms with E-state index in [1.165, 1.54) is 22.1 Å². The molecule has 0 fully saturated rings. The second-order valence-electron chi connectivity index (χ2n) is 7.27. The van der Waals surface area contributed by atoms with E-state index >= 15 is 0 Å². The number of amides is 2. The van der Waals surface area contributed by atoms with Crippen LogP contribution in [-0.4, -0.2) is 52.9 Å². The van der Waals surface area contributed by atoms with Crippen LogP contribution in [0.2, 0.25) is 0 Å². The first-order valence-corrected chi connectivity index (χ1v) is 10.5. The first-order valence-electron chi connectivity index (χ1n) is 10.5. The largest absolute Gasteiger partial charge is 0.491 e. The number of hydrogen-bond donors (Lipinski definition) is 0. The summed E-state index contributed by atoms with van der Waals surface area (Å²) in [5, 5.41) is 4.36. The van der Waals surface area contributed by atoms with Crippen LogP contribution < -0.4 is 4.74 Å². The highest BCUT2D eigenvalue weighted by atomic mass is 16.5. The Morgan fingerprint density at radius 2 is 1.90 bits per heavy atom. The number of benzene rings is 1. The number of carbonyl (C=O) groups is 2. The topological polar surface area (TPSA) is 73.7 Å². The molecule has 2 amide bonds. The van der Waals surface area contributed by atoms with E-state index in [0.29, 0.717) is 18.9 Å². The summed E-state index contributed by atoms with van der Waals surface area (Å²) in [6, 6.07) is 7.77. The third-order valence-corrected chi connectivity index (χ3v) is 4.83. The second kappa shape index (κ2) is 11.5. The summed E-state index contributed by atoms with van der Waals surface area (Å²) in [6.45, 7) is 9.22. The summed E-state index contributed by atoms with van der Waals surface area (Å²) < 4.78 is 12.8. The molecule has 0 bridgehead atoms. The number of rotatable bonds is 11. The molecule has 2 aromatic rings. The van der Waals surface area contributed by atoms with E-state index < -0.39 is 0 Å². The molecule has 0 atom stereocenters. The third kappa shape index (κ3) is 6.42. The maximum absolute atomic E-state index is 12.9. The molecule has 0 radical (unpaired) electrons. The minimum Gasteiger partial charge on any atom is -0.491 e. The molecule has 0 spiro atoms. The van der Waals surface area contributed by atoms with Gasteiger partial charge in [-0.1, -0.05) is 25.5 Å². The number of nitrogens with zero attached hydrogens (tertiary/aromatic N) is 3. The van der Waals surface area contributed by atoms with Crippen molar-refractivity contribution in [2.24, 2.45) is 7.05 Å². The standard InChI is InChI=1S/C23H33N3O4/c1-6-8-20-16-21(25(5)24-20)23(28)26(18(4)27)12-14-30-22-10-9-19(15-17(22)3)11-13-29-7-2/h9-10,15-16H,6-8,11-14H2,1-5H3. The Bertz CT molecular complexity index is 860. The van der Waals surface area contributed by atoms with E-state index in [4.69, 9.17) is 9.47 Å². The van der Waals surface area contributed by atoms with E-state index in [9.17, 15) is 9.59 Å². The van der Waals surface area contributed by atoms with Crippen LogP contribution in [0.4, 0.5) is 0 Å². The molecule has 7 nitrogen and oxygen atoms in total. The fourth-order valence-electron chi connectivity index (χ4n) is 3.26. The molecule has 0 aliphatic heterocycles. The molecule has 0 aliphatic rings. The Labute approximate surface area is 179 Å². The monoisotopic (exact) mass is 415 g/mol. The summed E-state index contributed by atoms with van der Waals surface area (Å²) in [5.41, 5.74) is 3.46. The quantitative estimate of drug-likeness (QED) is 0.527. The van der Waals surface area contributed by atoms with Crippen molar-refractivity contribution in [1.82, 2.24) is 14.7 Å². The van der Waals surface area contributed by atoms with Gasteiger partial charge in [0, 0.05) is 20.6 Å². The van der Waals surface area contributed by atoms with E-state index in [-0.39, 0.29) is 25.0 Å². The predicted octanol–water partition coefficient (Wildman–Crippen LogP) is 3.33. The Balaban J connectivity index is 1.98. The van der Waals surface area contributed by atoms with Crippen LogP contribution in [0.3, 0.4) is 0 Å². The van der Waals surface area contributed by atoms with Crippen molar-refractivity contribution in [2.75, 3.05) is 26.4 Å². The fourth-order valence-corrected chi connectivity index (χ4v) is 3.26. The van der Waals surface area contributed by atoms with Crippen LogP contribution in [0, 0.1) is 6.92 Å². The molecule has 30 heavy (non-hydrogen) atoms. The summed E-state index contributed by atoms with van der Waals surface area (Å²) >= 11 is 0. The van der Waals surface area contributed by atoms with Gasteiger partial charge in [-0.3, -0.25) is 19.2 Å². The highest BCUT2D eigenvalue weighted by molar-refractivity contribution is 6.03. The number of aryl methyl sites for hydroxylation is 3. The molecule has 1 heterocycles. The Hall–Kier alpha value is -2.67. The van der Waals surface area contributed by atoms with Gasteiger partial charge in [0.2, 0.25) is 5.91 Å². The van der Waals surface area contributed by atoms with Gasteiger partial charge in [-0.2, -0.15) is 5.10 Å². The number of hydrogen-bond acceptors (Lipinski definition) is 5. The van der Waals surface area contributed by atoms with Crippen molar-refractivity contribution < 1.29 is 19.1 Å². The molecule has 7 heteroatoms. The molecule has 1 aromatic carbocycles. The van der Waals surface area contributed by atoms with E-state index in [1.54, 1.807) is 13.1 Å². The van der Waals surface area contributed by atoms with Crippen molar-refractivity contribution in [2.45, 2.75) is 47.0 Å². The molecule has 0 saturated heterocycles. The highest BCUT2D eigenvalue weighted by Gasteiger charge is 2.23. The Kier molecular flexibility index (Phi) is 9.05. The van der Waals surface area contributed by atoms with Crippen molar-refractivity contribution >= 4 is 11.8 Å². The van der Waals surface area contributed by atoms with Crippen LogP contribution in [0.5, 0.6) is 5.75 Å². The maximum atomic E-state index is 12.9. The second-order valence-corrected chi connectivity index (χ2v) is 7.27. The minimum atomic E-state index is -0.355. The van der Waals surface area contributed by atoms with Gasteiger partial charge in [0.15, 0.2) is 0 Å². The predicted molar refractivity (Wildman–Crippen MR) is 116 cm³/mol. The van der Waals surface area contributed by atoms with Gasteiger partial charge < -0.3 is 9.47 Å².